The van der Waals surface area contributed by atoms with E-state index < -0.39 is 9.84 Å². The highest BCUT2D eigenvalue weighted by molar-refractivity contribution is 7.91. The van der Waals surface area contributed by atoms with Gasteiger partial charge in [-0.15, -0.1) is 5.10 Å². The van der Waals surface area contributed by atoms with Crippen LogP contribution >= 0.6 is 11.5 Å². The van der Waals surface area contributed by atoms with Gasteiger partial charge in [-0.25, -0.2) is 8.42 Å². The topological polar surface area (TPSA) is 72.0 Å². The molecule has 0 saturated carbocycles. The molecule has 0 amide bonds. The largest absolute Gasteiger partial charge is 0.308 e. The van der Waals surface area contributed by atoms with Gasteiger partial charge >= 0.3 is 0 Å². The van der Waals surface area contributed by atoms with Gasteiger partial charge in [-0.05, 0) is 37.5 Å². The average Bonchev–Trinajstić information content (AvgIpc) is 2.89. The molecule has 0 saturated heterocycles. The zero-order chi connectivity index (χ0) is 14.6. The minimum Gasteiger partial charge on any atom is -0.308 e. The molecule has 1 aromatic carbocycles. The molecule has 1 heterocycles. The Balaban J connectivity index is 1.95. The predicted molar refractivity (Wildman–Crippen MR) is 79.4 cm³/mol. The van der Waals surface area contributed by atoms with Crippen molar-refractivity contribution in [3.63, 3.8) is 0 Å². The van der Waals surface area contributed by atoms with Crippen molar-refractivity contribution in [2.75, 3.05) is 5.75 Å². The van der Waals surface area contributed by atoms with E-state index in [1.54, 1.807) is 12.1 Å². The van der Waals surface area contributed by atoms with Crippen LogP contribution < -0.4 is 5.32 Å². The Morgan fingerprint density at radius 3 is 2.60 bits per heavy atom. The molecule has 0 radical (unpaired) electrons. The summed E-state index contributed by atoms with van der Waals surface area (Å²) in [4.78, 5) is 0.368. The van der Waals surface area contributed by atoms with Crippen LogP contribution in [0, 0.1) is 6.92 Å². The van der Waals surface area contributed by atoms with Crippen molar-refractivity contribution in [3.8, 4) is 0 Å². The van der Waals surface area contributed by atoms with Crippen molar-refractivity contribution in [2.24, 2.45) is 0 Å². The predicted octanol–water partition coefficient (Wildman–Crippen LogP) is 1.80. The van der Waals surface area contributed by atoms with E-state index in [2.05, 4.69) is 14.9 Å². The number of aryl methyl sites for hydroxylation is 1. The van der Waals surface area contributed by atoms with Gasteiger partial charge in [0.05, 0.1) is 16.3 Å². The van der Waals surface area contributed by atoms with E-state index >= 15 is 0 Å². The van der Waals surface area contributed by atoms with Crippen LogP contribution in [0.2, 0.25) is 0 Å². The standard InChI is InChI=1S/C13H17N3O2S2/c1-10-3-5-13(6-4-10)20(17,18)9-11(2)14-7-12-8-19-16-15-12/h3-6,8,11,14H,7,9H2,1-2H3/t11-/m0/s1. The molecule has 1 atom stereocenters. The summed E-state index contributed by atoms with van der Waals surface area (Å²) in [6, 6.07) is 6.78. The van der Waals surface area contributed by atoms with E-state index in [4.69, 9.17) is 0 Å². The second-order valence-electron chi connectivity index (χ2n) is 4.77. The molecule has 1 N–H and O–H groups in total. The van der Waals surface area contributed by atoms with Crippen molar-refractivity contribution >= 4 is 21.4 Å². The first-order valence-electron chi connectivity index (χ1n) is 6.26. The van der Waals surface area contributed by atoms with Crippen molar-refractivity contribution in [2.45, 2.75) is 31.3 Å². The van der Waals surface area contributed by atoms with Crippen LogP contribution in [0.25, 0.3) is 0 Å². The van der Waals surface area contributed by atoms with Gasteiger partial charge in [-0.1, -0.05) is 22.2 Å². The molecule has 5 nitrogen and oxygen atoms in total. The molecule has 0 aliphatic heterocycles. The van der Waals surface area contributed by atoms with Crippen LogP contribution in [0.5, 0.6) is 0 Å². The molecule has 1 aromatic heterocycles. The Labute approximate surface area is 123 Å². The quantitative estimate of drug-likeness (QED) is 0.880. The Bertz CT molecular complexity index is 637. The van der Waals surface area contributed by atoms with E-state index in [0.29, 0.717) is 11.4 Å². The van der Waals surface area contributed by atoms with Crippen molar-refractivity contribution in [1.29, 1.82) is 0 Å². The lowest BCUT2D eigenvalue weighted by Crippen LogP contribution is -2.32. The lowest BCUT2D eigenvalue weighted by molar-refractivity contribution is 0.552. The van der Waals surface area contributed by atoms with Crippen LogP contribution in [-0.2, 0) is 16.4 Å². The fourth-order valence-corrected chi connectivity index (χ4v) is 3.74. The lowest BCUT2D eigenvalue weighted by atomic mass is 10.2. The maximum atomic E-state index is 12.2. The molecular formula is C13H17N3O2S2. The maximum absolute atomic E-state index is 12.2. The molecule has 0 spiro atoms. The summed E-state index contributed by atoms with van der Waals surface area (Å²) in [5.41, 5.74) is 1.88. The number of aromatic nitrogens is 2. The Hall–Kier alpha value is -1.31. The Morgan fingerprint density at radius 2 is 2.00 bits per heavy atom. The molecule has 0 aliphatic carbocycles. The van der Waals surface area contributed by atoms with E-state index in [-0.39, 0.29) is 11.8 Å². The molecule has 0 aliphatic rings. The van der Waals surface area contributed by atoms with Crippen LogP contribution in [0.1, 0.15) is 18.2 Å². The number of nitrogens with zero attached hydrogens (tertiary/aromatic N) is 2. The third kappa shape index (κ3) is 4.09. The molecular weight excluding hydrogens is 294 g/mol. The number of hydrogen-bond donors (Lipinski definition) is 1. The summed E-state index contributed by atoms with van der Waals surface area (Å²) >= 11 is 1.28. The first kappa shape index (κ1) is 15.1. The van der Waals surface area contributed by atoms with Gasteiger partial charge < -0.3 is 5.32 Å². The number of benzene rings is 1. The molecule has 0 fully saturated rings. The Morgan fingerprint density at radius 1 is 1.30 bits per heavy atom. The smallest absolute Gasteiger partial charge is 0.179 e. The highest BCUT2D eigenvalue weighted by Gasteiger charge is 2.18. The SMILES string of the molecule is Cc1ccc(S(=O)(=O)C[C@H](C)NCc2csnn2)cc1. The second kappa shape index (κ2) is 6.43. The van der Waals surface area contributed by atoms with Gasteiger partial charge in [0, 0.05) is 18.0 Å². The number of rotatable bonds is 6. The van der Waals surface area contributed by atoms with Gasteiger partial charge in [0.15, 0.2) is 9.84 Å². The number of nitrogens with one attached hydrogen (secondary N) is 1. The molecule has 2 aromatic rings. The van der Waals surface area contributed by atoms with Crippen LogP contribution in [0.3, 0.4) is 0 Å². The zero-order valence-corrected chi connectivity index (χ0v) is 13.0. The fraction of sp³-hybridized carbons (Fsp3) is 0.385. The third-order valence-electron chi connectivity index (χ3n) is 2.89. The van der Waals surface area contributed by atoms with E-state index in [1.807, 2.05) is 31.4 Å². The Kier molecular flexibility index (Phi) is 4.85. The van der Waals surface area contributed by atoms with Crippen molar-refractivity contribution in [3.05, 3.63) is 40.9 Å². The molecule has 7 heteroatoms. The summed E-state index contributed by atoms with van der Waals surface area (Å²) in [5.74, 6) is 0.0631. The van der Waals surface area contributed by atoms with Crippen LogP contribution in [-0.4, -0.2) is 29.8 Å². The molecule has 0 bridgehead atoms. The van der Waals surface area contributed by atoms with Gasteiger partial charge in [0.2, 0.25) is 0 Å². The number of hydrogen-bond acceptors (Lipinski definition) is 6. The normalized spacial score (nSPS) is 13.3. The lowest BCUT2D eigenvalue weighted by Gasteiger charge is -2.13. The first-order valence-corrected chi connectivity index (χ1v) is 8.75. The summed E-state index contributed by atoms with van der Waals surface area (Å²) in [6.45, 7) is 4.31. The number of sulfone groups is 1. The molecule has 108 valence electrons. The summed E-state index contributed by atoms with van der Waals surface area (Å²) in [7, 11) is -3.26. The molecule has 2 rings (SSSR count). The highest BCUT2D eigenvalue weighted by atomic mass is 32.2. The summed E-state index contributed by atoms with van der Waals surface area (Å²) in [5, 5.41) is 8.90. The van der Waals surface area contributed by atoms with Gasteiger partial charge in [-0.2, -0.15) is 0 Å². The molecule has 0 unspecified atom stereocenters. The van der Waals surface area contributed by atoms with Crippen molar-refractivity contribution < 1.29 is 8.42 Å². The van der Waals surface area contributed by atoms with Gasteiger partial charge in [0.25, 0.3) is 0 Å². The van der Waals surface area contributed by atoms with E-state index in [0.717, 1.165) is 11.3 Å². The monoisotopic (exact) mass is 311 g/mol. The minimum atomic E-state index is -3.26. The van der Waals surface area contributed by atoms with Crippen LogP contribution in [0.4, 0.5) is 0 Å². The average molecular weight is 311 g/mol. The van der Waals surface area contributed by atoms with E-state index in [1.165, 1.54) is 11.5 Å². The summed E-state index contributed by atoms with van der Waals surface area (Å²) < 4.78 is 28.3. The van der Waals surface area contributed by atoms with E-state index in [9.17, 15) is 8.42 Å². The second-order valence-corrected chi connectivity index (χ2v) is 7.42. The minimum absolute atomic E-state index is 0.0631. The van der Waals surface area contributed by atoms with Crippen LogP contribution in [0.15, 0.2) is 34.5 Å². The first-order chi connectivity index (χ1) is 9.47. The highest BCUT2D eigenvalue weighted by Crippen LogP contribution is 2.13. The fourth-order valence-electron chi connectivity index (χ4n) is 1.77. The zero-order valence-electron chi connectivity index (χ0n) is 11.4. The maximum Gasteiger partial charge on any atom is 0.179 e. The third-order valence-corrected chi connectivity index (χ3v) is 5.37. The van der Waals surface area contributed by atoms with Gasteiger partial charge in [0.1, 0.15) is 0 Å². The van der Waals surface area contributed by atoms with Crippen molar-refractivity contribution in [1.82, 2.24) is 14.9 Å². The molecule has 20 heavy (non-hydrogen) atoms. The summed E-state index contributed by atoms with van der Waals surface area (Å²) in [6.07, 6.45) is 0. The van der Waals surface area contributed by atoms with Gasteiger partial charge in [-0.3, -0.25) is 0 Å².